The number of aromatic nitrogens is 2. The fourth-order valence-electron chi connectivity index (χ4n) is 2.19. The lowest BCUT2D eigenvalue weighted by Gasteiger charge is -2.20. The van der Waals surface area contributed by atoms with Gasteiger partial charge in [-0.1, -0.05) is 19.9 Å². The van der Waals surface area contributed by atoms with Crippen LogP contribution in [0.1, 0.15) is 37.1 Å². The van der Waals surface area contributed by atoms with E-state index in [1.54, 1.807) is 11.3 Å². The van der Waals surface area contributed by atoms with Crippen LogP contribution in [-0.2, 0) is 6.42 Å². The van der Waals surface area contributed by atoms with Crippen molar-refractivity contribution in [1.82, 2.24) is 9.97 Å². The Kier molecular flexibility index (Phi) is 4.92. The molecule has 2 aromatic rings. The molecule has 0 amide bonds. The third-order valence-electron chi connectivity index (χ3n) is 3.07. The Hall–Kier alpha value is -1.66. The maximum Gasteiger partial charge on any atom is 0.148 e. The Morgan fingerprint density at radius 1 is 1.25 bits per heavy atom. The molecule has 6 heteroatoms. The molecule has 0 aliphatic carbocycles. The second-order valence-corrected chi connectivity index (χ2v) is 6.14. The summed E-state index contributed by atoms with van der Waals surface area (Å²) in [6, 6.07) is 4.53. The highest BCUT2D eigenvalue weighted by Crippen LogP contribution is 2.28. The van der Waals surface area contributed by atoms with Gasteiger partial charge in [0.2, 0.25) is 0 Å². The Labute approximate surface area is 123 Å². The van der Waals surface area contributed by atoms with Gasteiger partial charge < -0.3 is 10.7 Å². The minimum absolute atomic E-state index is 0.290. The number of hydrogen-bond donors (Lipinski definition) is 3. The first-order valence-corrected chi connectivity index (χ1v) is 7.60. The lowest BCUT2D eigenvalue weighted by atomic mass is 10.0. The first-order chi connectivity index (χ1) is 9.61. The van der Waals surface area contributed by atoms with Gasteiger partial charge in [0.15, 0.2) is 0 Å². The zero-order valence-electron chi connectivity index (χ0n) is 12.1. The number of anilines is 2. The summed E-state index contributed by atoms with van der Waals surface area (Å²) in [5.41, 5.74) is 3.67. The number of nitrogens with zero attached hydrogens (tertiary/aromatic N) is 2. The van der Waals surface area contributed by atoms with Crippen LogP contribution in [0.3, 0.4) is 0 Å². The summed E-state index contributed by atoms with van der Waals surface area (Å²) in [6.07, 6.45) is 2.51. The normalized spacial score (nSPS) is 12.4. The van der Waals surface area contributed by atoms with Crippen molar-refractivity contribution in [2.24, 2.45) is 5.84 Å². The topological polar surface area (TPSA) is 75.9 Å². The summed E-state index contributed by atoms with van der Waals surface area (Å²) in [5.74, 6) is 7.36. The molecule has 0 saturated carbocycles. The molecule has 0 aromatic carbocycles. The monoisotopic (exact) mass is 291 g/mol. The highest BCUT2D eigenvalue weighted by molar-refractivity contribution is 7.09. The molecular formula is C14H21N5S. The predicted octanol–water partition coefficient (Wildman–Crippen LogP) is 2.99. The second-order valence-electron chi connectivity index (χ2n) is 5.11. The number of rotatable bonds is 6. The zero-order valence-corrected chi connectivity index (χ0v) is 12.9. The maximum absolute atomic E-state index is 5.53. The van der Waals surface area contributed by atoms with Crippen molar-refractivity contribution in [2.75, 3.05) is 10.7 Å². The summed E-state index contributed by atoms with van der Waals surface area (Å²) in [6.45, 7) is 6.37. The number of nitrogens with one attached hydrogen (secondary N) is 2. The van der Waals surface area contributed by atoms with Gasteiger partial charge in [-0.2, -0.15) is 0 Å². The first-order valence-electron chi connectivity index (χ1n) is 6.72. The van der Waals surface area contributed by atoms with Gasteiger partial charge in [0.05, 0.1) is 0 Å². The Balaban J connectivity index is 2.16. The van der Waals surface area contributed by atoms with Crippen molar-refractivity contribution < 1.29 is 0 Å². The molecule has 2 heterocycles. The molecule has 0 saturated heterocycles. The molecule has 5 nitrogen and oxygen atoms in total. The van der Waals surface area contributed by atoms with Crippen LogP contribution in [0.4, 0.5) is 11.6 Å². The van der Waals surface area contributed by atoms with Gasteiger partial charge in [-0.25, -0.2) is 15.8 Å². The summed E-state index contributed by atoms with van der Waals surface area (Å²) in [5, 5.41) is 5.56. The molecule has 0 aliphatic rings. The summed E-state index contributed by atoms with van der Waals surface area (Å²) in [4.78, 5) is 9.90. The third kappa shape index (κ3) is 3.46. The molecule has 20 heavy (non-hydrogen) atoms. The van der Waals surface area contributed by atoms with Crippen LogP contribution in [0.25, 0.3) is 0 Å². The highest BCUT2D eigenvalue weighted by atomic mass is 32.1. The van der Waals surface area contributed by atoms with Crippen molar-refractivity contribution in [1.29, 1.82) is 0 Å². The quantitative estimate of drug-likeness (QED) is 0.563. The van der Waals surface area contributed by atoms with E-state index in [0.717, 1.165) is 17.8 Å². The van der Waals surface area contributed by atoms with Gasteiger partial charge >= 0.3 is 0 Å². The SMILES string of the molecule is CC(Cc1cccs1)Nc1ncnc(NN)c1C(C)C. The largest absolute Gasteiger partial charge is 0.367 e. The van der Waals surface area contributed by atoms with Crippen LogP contribution in [0.2, 0.25) is 0 Å². The Morgan fingerprint density at radius 3 is 2.60 bits per heavy atom. The molecule has 0 spiro atoms. The molecule has 0 fully saturated rings. The highest BCUT2D eigenvalue weighted by Gasteiger charge is 2.16. The zero-order chi connectivity index (χ0) is 14.5. The number of nitrogen functional groups attached to an aromatic ring is 1. The van der Waals surface area contributed by atoms with Crippen LogP contribution in [0.15, 0.2) is 23.8 Å². The molecule has 4 N–H and O–H groups in total. The van der Waals surface area contributed by atoms with Gasteiger partial charge in [-0.05, 0) is 24.3 Å². The Morgan fingerprint density at radius 2 is 2.00 bits per heavy atom. The summed E-state index contributed by atoms with van der Waals surface area (Å²) < 4.78 is 0. The lowest BCUT2D eigenvalue weighted by molar-refractivity contribution is 0.777. The molecule has 1 unspecified atom stereocenters. The maximum atomic E-state index is 5.53. The van der Waals surface area contributed by atoms with Gasteiger partial charge in [0.1, 0.15) is 18.0 Å². The minimum atomic E-state index is 0.290. The van der Waals surface area contributed by atoms with Crippen LogP contribution in [0, 0.1) is 0 Å². The van der Waals surface area contributed by atoms with Crippen molar-refractivity contribution in [3.63, 3.8) is 0 Å². The molecule has 2 aromatic heterocycles. The molecule has 1 atom stereocenters. The van der Waals surface area contributed by atoms with E-state index in [0.29, 0.717) is 17.8 Å². The van der Waals surface area contributed by atoms with Crippen molar-refractivity contribution in [2.45, 2.75) is 39.2 Å². The molecular weight excluding hydrogens is 270 g/mol. The van der Waals surface area contributed by atoms with Crippen LogP contribution < -0.4 is 16.6 Å². The van der Waals surface area contributed by atoms with Crippen molar-refractivity contribution in [3.8, 4) is 0 Å². The average Bonchev–Trinajstić information content (AvgIpc) is 2.90. The van der Waals surface area contributed by atoms with E-state index in [-0.39, 0.29) is 0 Å². The van der Waals surface area contributed by atoms with E-state index < -0.39 is 0 Å². The Bertz CT molecular complexity index is 539. The fraction of sp³-hybridized carbons (Fsp3) is 0.429. The average molecular weight is 291 g/mol. The van der Waals surface area contributed by atoms with E-state index in [2.05, 4.69) is 59.0 Å². The lowest BCUT2D eigenvalue weighted by Crippen LogP contribution is -2.21. The minimum Gasteiger partial charge on any atom is -0.367 e. The number of nitrogens with two attached hydrogens (primary N) is 1. The number of hydrogen-bond acceptors (Lipinski definition) is 6. The summed E-state index contributed by atoms with van der Waals surface area (Å²) in [7, 11) is 0. The van der Waals surface area contributed by atoms with Crippen LogP contribution >= 0.6 is 11.3 Å². The molecule has 108 valence electrons. The fourth-order valence-corrected chi connectivity index (χ4v) is 3.02. The second kappa shape index (κ2) is 6.67. The van der Waals surface area contributed by atoms with Crippen LogP contribution in [-0.4, -0.2) is 16.0 Å². The van der Waals surface area contributed by atoms with Gasteiger partial charge in [-0.15, -0.1) is 11.3 Å². The molecule has 0 aliphatic heterocycles. The van der Waals surface area contributed by atoms with Crippen molar-refractivity contribution in [3.05, 3.63) is 34.3 Å². The molecule has 0 radical (unpaired) electrons. The number of hydrazine groups is 1. The summed E-state index contributed by atoms with van der Waals surface area (Å²) >= 11 is 1.77. The van der Waals surface area contributed by atoms with E-state index in [1.165, 1.54) is 11.2 Å². The van der Waals surface area contributed by atoms with Gasteiger partial charge in [0, 0.05) is 22.9 Å². The third-order valence-corrected chi connectivity index (χ3v) is 3.97. The van der Waals surface area contributed by atoms with E-state index >= 15 is 0 Å². The first kappa shape index (κ1) is 14.7. The van der Waals surface area contributed by atoms with Crippen molar-refractivity contribution >= 4 is 23.0 Å². The molecule has 2 rings (SSSR count). The van der Waals surface area contributed by atoms with E-state index in [1.807, 2.05) is 0 Å². The standard InChI is InChI=1S/C14H21N5S/c1-9(2)12-13(16-8-17-14(12)19-15)18-10(3)7-11-5-4-6-20-11/h4-6,8-10H,7,15H2,1-3H3,(H2,16,17,18,19). The number of thiophene rings is 1. The predicted molar refractivity (Wildman–Crippen MR) is 85.0 cm³/mol. The van der Waals surface area contributed by atoms with Crippen LogP contribution in [0.5, 0.6) is 0 Å². The molecule has 0 bridgehead atoms. The van der Waals surface area contributed by atoms with Gasteiger partial charge in [0.25, 0.3) is 0 Å². The van der Waals surface area contributed by atoms with Gasteiger partial charge in [-0.3, -0.25) is 0 Å². The van der Waals surface area contributed by atoms with E-state index in [9.17, 15) is 0 Å². The smallest absolute Gasteiger partial charge is 0.148 e. The van der Waals surface area contributed by atoms with E-state index in [4.69, 9.17) is 5.84 Å².